The van der Waals surface area contributed by atoms with Gasteiger partial charge in [0, 0.05) is 30.9 Å². The molecule has 3 aromatic rings. The highest BCUT2D eigenvalue weighted by Crippen LogP contribution is 2.30. The second-order valence-electron chi connectivity index (χ2n) is 8.54. The number of fused-ring (bicyclic) bond motifs is 1. The molecule has 170 valence electrons. The molecule has 0 aliphatic carbocycles. The molecule has 0 radical (unpaired) electrons. The molecule has 1 aliphatic rings. The van der Waals surface area contributed by atoms with Crippen LogP contribution in [-0.2, 0) is 6.42 Å². The molecular formula is C23H30N6O3. The number of nitrogens with one attached hydrogen (secondary N) is 1. The fourth-order valence-corrected chi connectivity index (χ4v) is 3.99. The van der Waals surface area contributed by atoms with E-state index >= 15 is 0 Å². The SMILES string of the molecule is CCCOc1ncc(C(C)=O)cc1-c1nc2c(CC)n(C3CN(C(C)C)C3)nc2c(=O)[nH]1. The smallest absolute Gasteiger partial charge is 0.279 e. The number of rotatable bonds is 8. The molecule has 9 nitrogen and oxygen atoms in total. The van der Waals surface area contributed by atoms with Crippen LogP contribution in [0.3, 0.4) is 0 Å². The minimum atomic E-state index is -0.312. The van der Waals surface area contributed by atoms with Crippen LogP contribution in [0.1, 0.15) is 63.1 Å². The van der Waals surface area contributed by atoms with Crippen LogP contribution in [-0.4, -0.2) is 61.2 Å². The quantitative estimate of drug-likeness (QED) is 0.539. The molecule has 0 unspecified atom stereocenters. The molecule has 0 atom stereocenters. The first-order valence-electron chi connectivity index (χ1n) is 11.2. The number of carbonyl (C=O) groups excluding carboxylic acids is 1. The van der Waals surface area contributed by atoms with E-state index in [9.17, 15) is 9.59 Å². The van der Waals surface area contributed by atoms with Crippen LogP contribution in [0.2, 0.25) is 0 Å². The first-order chi connectivity index (χ1) is 15.3. The van der Waals surface area contributed by atoms with Gasteiger partial charge in [-0.3, -0.25) is 19.2 Å². The van der Waals surface area contributed by atoms with Crippen LogP contribution in [0.4, 0.5) is 0 Å². The topological polar surface area (TPSA) is 106 Å². The lowest BCUT2D eigenvalue weighted by Gasteiger charge is -2.42. The van der Waals surface area contributed by atoms with Crippen LogP contribution >= 0.6 is 0 Å². The van der Waals surface area contributed by atoms with Crippen molar-refractivity contribution in [3.8, 4) is 17.3 Å². The van der Waals surface area contributed by atoms with Gasteiger partial charge in [-0.05, 0) is 39.7 Å². The van der Waals surface area contributed by atoms with E-state index < -0.39 is 0 Å². The fourth-order valence-electron chi connectivity index (χ4n) is 3.99. The van der Waals surface area contributed by atoms with Crippen molar-refractivity contribution in [1.29, 1.82) is 0 Å². The zero-order valence-electron chi connectivity index (χ0n) is 19.3. The molecule has 4 heterocycles. The average molecular weight is 439 g/mol. The number of carbonyl (C=O) groups is 1. The third kappa shape index (κ3) is 3.92. The van der Waals surface area contributed by atoms with Crippen LogP contribution in [0.25, 0.3) is 22.4 Å². The Morgan fingerprint density at radius 3 is 2.66 bits per heavy atom. The molecule has 32 heavy (non-hydrogen) atoms. The average Bonchev–Trinajstić information content (AvgIpc) is 3.09. The molecule has 0 saturated carbocycles. The Morgan fingerprint density at radius 1 is 1.28 bits per heavy atom. The predicted molar refractivity (Wildman–Crippen MR) is 122 cm³/mol. The number of ketones is 1. The van der Waals surface area contributed by atoms with Crippen LogP contribution in [0, 0.1) is 0 Å². The lowest BCUT2D eigenvalue weighted by Crippen LogP contribution is -2.51. The summed E-state index contributed by atoms with van der Waals surface area (Å²) in [7, 11) is 0. The minimum Gasteiger partial charge on any atom is -0.477 e. The lowest BCUT2D eigenvalue weighted by molar-refractivity contribution is 0.0663. The number of nitrogens with zero attached hydrogens (tertiary/aromatic N) is 5. The van der Waals surface area contributed by atoms with Gasteiger partial charge < -0.3 is 9.72 Å². The van der Waals surface area contributed by atoms with Gasteiger partial charge in [-0.1, -0.05) is 13.8 Å². The number of aromatic amines is 1. The van der Waals surface area contributed by atoms with Gasteiger partial charge in [0.1, 0.15) is 11.3 Å². The highest BCUT2D eigenvalue weighted by atomic mass is 16.5. The Labute approximate surface area is 186 Å². The Bertz CT molecular complexity index is 1210. The minimum absolute atomic E-state index is 0.119. The molecular weight excluding hydrogens is 408 g/mol. The van der Waals surface area contributed by atoms with Crippen LogP contribution < -0.4 is 10.3 Å². The first kappa shape index (κ1) is 22.1. The summed E-state index contributed by atoms with van der Waals surface area (Å²) in [4.78, 5) is 39.2. The second-order valence-corrected chi connectivity index (χ2v) is 8.54. The van der Waals surface area contributed by atoms with Crippen molar-refractivity contribution in [2.45, 2.75) is 59.5 Å². The highest BCUT2D eigenvalue weighted by Gasteiger charge is 2.33. The van der Waals surface area contributed by atoms with E-state index in [1.54, 1.807) is 6.07 Å². The molecule has 1 N–H and O–H groups in total. The van der Waals surface area contributed by atoms with Gasteiger partial charge in [0.2, 0.25) is 5.88 Å². The normalized spacial score (nSPS) is 14.8. The Hall–Kier alpha value is -3.07. The number of ether oxygens (including phenoxy) is 1. The molecule has 0 amide bonds. The van der Waals surface area contributed by atoms with Crippen molar-refractivity contribution in [3.63, 3.8) is 0 Å². The Morgan fingerprint density at radius 2 is 2.03 bits per heavy atom. The van der Waals surface area contributed by atoms with E-state index in [-0.39, 0.29) is 17.4 Å². The number of pyridine rings is 1. The van der Waals surface area contributed by atoms with Crippen molar-refractivity contribution < 1.29 is 9.53 Å². The summed E-state index contributed by atoms with van der Waals surface area (Å²) in [6, 6.07) is 2.39. The van der Waals surface area contributed by atoms with Gasteiger partial charge in [-0.25, -0.2) is 9.97 Å². The monoisotopic (exact) mass is 438 g/mol. The predicted octanol–water partition coefficient (Wildman–Crippen LogP) is 3.00. The maximum Gasteiger partial charge on any atom is 0.279 e. The number of likely N-dealkylation sites (tertiary alicyclic amines) is 1. The number of aryl methyl sites for hydroxylation is 1. The van der Waals surface area contributed by atoms with E-state index in [0.717, 1.165) is 25.2 Å². The first-order valence-corrected chi connectivity index (χ1v) is 11.2. The Kier molecular flexibility index (Phi) is 6.10. The largest absolute Gasteiger partial charge is 0.477 e. The van der Waals surface area contributed by atoms with Crippen molar-refractivity contribution in [2.24, 2.45) is 0 Å². The van der Waals surface area contributed by atoms with Gasteiger partial charge in [-0.2, -0.15) is 5.10 Å². The number of aromatic nitrogens is 5. The number of hydrogen-bond donors (Lipinski definition) is 1. The molecule has 1 aliphatic heterocycles. The maximum atomic E-state index is 13.0. The van der Waals surface area contributed by atoms with Crippen LogP contribution in [0.15, 0.2) is 17.1 Å². The zero-order valence-corrected chi connectivity index (χ0v) is 19.3. The zero-order chi connectivity index (χ0) is 23.0. The summed E-state index contributed by atoms with van der Waals surface area (Å²) in [6.07, 6.45) is 3.00. The van der Waals surface area contributed by atoms with Crippen molar-refractivity contribution >= 4 is 16.8 Å². The number of hydrogen-bond acceptors (Lipinski definition) is 7. The molecule has 0 bridgehead atoms. The lowest BCUT2D eigenvalue weighted by atomic mass is 10.1. The fraction of sp³-hybridized carbons (Fsp3) is 0.522. The van der Waals surface area contributed by atoms with E-state index in [0.29, 0.717) is 52.9 Å². The van der Waals surface area contributed by atoms with Gasteiger partial charge in [0.05, 0.1) is 23.9 Å². The third-order valence-corrected chi connectivity index (χ3v) is 5.91. The van der Waals surface area contributed by atoms with Crippen LogP contribution in [0.5, 0.6) is 5.88 Å². The molecule has 3 aromatic heterocycles. The second kappa shape index (κ2) is 8.82. The molecule has 0 aromatic carbocycles. The summed E-state index contributed by atoms with van der Waals surface area (Å²) >= 11 is 0. The van der Waals surface area contributed by atoms with Crippen molar-refractivity contribution in [3.05, 3.63) is 33.9 Å². The molecule has 0 spiro atoms. The molecule has 4 rings (SSSR count). The maximum absolute atomic E-state index is 13.0. The van der Waals surface area contributed by atoms with Gasteiger partial charge in [0.25, 0.3) is 5.56 Å². The van der Waals surface area contributed by atoms with E-state index in [4.69, 9.17) is 9.72 Å². The standard InChI is InChI=1S/C23H30N6O3/c1-6-8-32-23-17(9-15(10-24-23)14(5)30)21-25-19-18(7-2)29(27-20(19)22(31)26-21)16-11-28(12-16)13(3)4/h9-10,13,16H,6-8,11-12H2,1-5H3,(H,25,26,31). The van der Waals surface area contributed by atoms with E-state index in [2.05, 4.69) is 33.8 Å². The van der Waals surface area contributed by atoms with E-state index in [1.807, 2.05) is 18.5 Å². The molecule has 1 saturated heterocycles. The third-order valence-electron chi connectivity index (χ3n) is 5.91. The molecule has 1 fully saturated rings. The summed E-state index contributed by atoms with van der Waals surface area (Å²) in [6.45, 7) is 12.2. The van der Waals surface area contributed by atoms with Gasteiger partial charge in [-0.15, -0.1) is 0 Å². The Balaban J connectivity index is 1.82. The number of H-pyrrole nitrogens is 1. The summed E-state index contributed by atoms with van der Waals surface area (Å²) in [5.41, 5.74) is 2.47. The summed E-state index contributed by atoms with van der Waals surface area (Å²) in [5, 5.41) is 4.63. The van der Waals surface area contributed by atoms with Crippen molar-refractivity contribution in [2.75, 3.05) is 19.7 Å². The summed E-state index contributed by atoms with van der Waals surface area (Å²) in [5.74, 6) is 0.554. The van der Waals surface area contributed by atoms with Gasteiger partial charge >= 0.3 is 0 Å². The van der Waals surface area contributed by atoms with Crippen molar-refractivity contribution in [1.82, 2.24) is 29.6 Å². The number of Topliss-reactive ketones (excluding diaryl/α,β-unsaturated/α-hetero) is 1. The molecule has 9 heteroatoms. The summed E-state index contributed by atoms with van der Waals surface area (Å²) < 4.78 is 7.74. The van der Waals surface area contributed by atoms with Gasteiger partial charge in [0.15, 0.2) is 11.3 Å². The highest BCUT2D eigenvalue weighted by molar-refractivity contribution is 5.95. The van der Waals surface area contributed by atoms with E-state index in [1.165, 1.54) is 13.1 Å².